The number of carbonyl (C=O) groups is 1. The van der Waals surface area contributed by atoms with Crippen LogP contribution in [-0.2, 0) is 0 Å². The van der Waals surface area contributed by atoms with Crippen LogP contribution >= 0.6 is 11.3 Å². The maximum absolute atomic E-state index is 11.0. The average molecular weight is 247 g/mol. The van der Waals surface area contributed by atoms with E-state index in [1.807, 2.05) is 38.1 Å². The van der Waals surface area contributed by atoms with Crippen LogP contribution in [0.5, 0.6) is 0 Å². The summed E-state index contributed by atoms with van der Waals surface area (Å²) in [5.41, 5.74) is 9.22. The molecule has 1 aromatic carbocycles. The molecule has 0 aliphatic heterocycles. The number of hydrogen-bond acceptors (Lipinski definition) is 3. The molecule has 17 heavy (non-hydrogen) atoms. The van der Waals surface area contributed by atoms with E-state index in [1.54, 1.807) is 0 Å². The van der Waals surface area contributed by atoms with Gasteiger partial charge in [-0.2, -0.15) is 0 Å². The fourth-order valence-corrected chi connectivity index (χ4v) is 2.93. The van der Waals surface area contributed by atoms with Crippen LogP contribution in [0.2, 0.25) is 0 Å². The molecule has 3 nitrogen and oxygen atoms in total. The number of carboxylic acids is 1. The highest BCUT2D eigenvalue weighted by Gasteiger charge is 2.19. The fraction of sp³-hybridized carbons (Fsp3) is 0.154. The Hall–Kier alpha value is -1.81. The van der Waals surface area contributed by atoms with E-state index in [0.29, 0.717) is 5.69 Å². The molecule has 0 spiro atoms. The number of carboxylic acid groups (broad SMARTS) is 1. The minimum Gasteiger partial charge on any atom is -0.477 e. The first-order valence-corrected chi connectivity index (χ1v) is 6.02. The average Bonchev–Trinajstić information content (AvgIpc) is 2.57. The van der Waals surface area contributed by atoms with Crippen molar-refractivity contribution in [2.45, 2.75) is 13.8 Å². The van der Waals surface area contributed by atoms with Crippen molar-refractivity contribution in [2.24, 2.45) is 0 Å². The summed E-state index contributed by atoms with van der Waals surface area (Å²) < 4.78 is 0. The van der Waals surface area contributed by atoms with E-state index in [1.165, 1.54) is 11.3 Å². The van der Waals surface area contributed by atoms with E-state index < -0.39 is 5.97 Å². The predicted octanol–water partition coefficient (Wildman–Crippen LogP) is 3.31. The van der Waals surface area contributed by atoms with Gasteiger partial charge in [-0.1, -0.05) is 24.3 Å². The Morgan fingerprint density at radius 1 is 1.29 bits per heavy atom. The van der Waals surface area contributed by atoms with Crippen molar-refractivity contribution >= 4 is 23.0 Å². The SMILES string of the molecule is Cc1ccccc1-c1sc(C(=O)O)c(N)c1C. The summed E-state index contributed by atoms with van der Waals surface area (Å²) in [6, 6.07) is 7.89. The molecular formula is C13H13NO2S. The lowest BCUT2D eigenvalue weighted by molar-refractivity contribution is 0.0703. The zero-order chi connectivity index (χ0) is 12.6. The second-order valence-electron chi connectivity index (χ2n) is 3.92. The molecule has 0 aliphatic carbocycles. The quantitative estimate of drug-likeness (QED) is 0.855. The zero-order valence-corrected chi connectivity index (χ0v) is 10.5. The predicted molar refractivity (Wildman–Crippen MR) is 70.6 cm³/mol. The molecular weight excluding hydrogens is 234 g/mol. The maximum Gasteiger partial charge on any atom is 0.348 e. The van der Waals surface area contributed by atoms with Crippen molar-refractivity contribution in [2.75, 3.05) is 5.73 Å². The van der Waals surface area contributed by atoms with Gasteiger partial charge in [-0.15, -0.1) is 11.3 Å². The largest absolute Gasteiger partial charge is 0.477 e. The Morgan fingerprint density at radius 3 is 2.47 bits per heavy atom. The molecule has 1 aromatic heterocycles. The van der Waals surface area contributed by atoms with Gasteiger partial charge in [0.2, 0.25) is 0 Å². The van der Waals surface area contributed by atoms with Crippen LogP contribution in [0, 0.1) is 13.8 Å². The van der Waals surface area contributed by atoms with Crippen LogP contribution in [0.15, 0.2) is 24.3 Å². The summed E-state index contributed by atoms with van der Waals surface area (Å²) in [6.07, 6.45) is 0. The first-order valence-electron chi connectivity index (χ1n) is 5.20. The smallest absolute Gasteiger partial charge is 0.348 e. The van der Waals surface area contributed by atoms with E-state index in [4.69, 9.17) is 10.8 Å². The number of aryl methyl sites for hydroxylation is 1. The van der Waals surface area contributed by atoms with E-state index in [0.717, 1.165) is 21.6 Å². The Balaban J connectivity index is 2.66. The van der Waals surface area contributed by atoms with Gasteiger partial charge in [0.15, 0.2) is 0 Å². The van der Waals surface area contributed by atoms with E-state index in [-0.39, 0.29) is 4.88 Å². The monoisotopic (exact) mass is 247 g/mol. The molecule has 2 aromatic rings. The van der Waals surface area contributed by atoms with Crippen LogP contribution in [0.1, 0.15) is 20.8 Å². The van der Waals surface area contributed by atoms with E-state index in [9.17, 15) is 4.79 Å². The van der Waals surface area contributed by atoms with Crippen molar-refractivity contribution in [1.29, 1.82) is 0 Å². The highest BCUT2D eigenvalue weighted by Crippen LogP contribution is 2.39. The summed E-state index contributed by atoms with van der Waals surface area (Å²) >= 11 is 1.24. The van der Waals surface area contributed by atoms with Crippen molar-refractivity contribution in [3.8, 4) is 10.4 Å². The lowest BCUT2D eigenvalue weighted by Gasteiger charge is -2.03. The number of rotatable bonds is 2. The van der Waals surface area contributed by atoms with E-state index in [2.05, 4.69) is 0 Å². The highest BCUT2D eigenvalue weighted by atomic mass is 32.1. The summed E-state index contributed by atoms with van der Waals surface area (Å²) in [6.45, 7) is 3.87. The molecule has 4 heteroatoms. The molecule has 0 saturated heterocycles. The number of anilines is 1. The normalized spacial score (nSPS) is 10.5. The number of thiophene rings is 1. The molecule has 0 atom stereocenters. The first-order chi connectivity index (χ1) is 8.02. The first kappa shape index (κ1) is 11.7. The lowest BCUT2D eigenvalue weighted by atomic mass is 10.0. The number of nitrogens with two attached hydrogens (primary N) is 1. The highest BCUT2D eigenvalue weighted by molar-refractivity contribution is 7.18. The Labute approximate surface area is 104 Å². The molecule has 0 fully saturated rings. The van der Waals surface area contributed by atoms with Crippen molar-refractivity contribution < 1.29 is 9.90 Å². The topological polar surface area (TPSA) is 63.3 Å². The van der Waals surface area contributed by atoms with Gasteiger partial charge in [0.25, 0.3) is 0 Å². The van der Waals surface area contributed by atoms with Crippen LogP contribution in [0.4, 0.5) is 5.69 Å². The molecule has 3 N–H and O–H groups in total. The zero-order valence-electron chi connectivity index (χ0n) is 9.65. The van der Waals surface area contributed by atoms with Crippen LogP contribution in [0.3, 0.4) is 0 Å². The summed E-state index contributed by atoms with van der Waals surface area (Å²) in [5.74, 6) is -0.963. The molecule has 0 unspecified atom stereocenters. The van der Waals surface area contributed by atoms with Crippen molar-refractivity contribution in [3.63, 3.8) is 0 Å². The molecule has 0 saturated carbocycles. The number of nitrogen functional groups attached to an aromatic ring is 1. The Kier molecular flexibility index (Phi) is 2.90. The number of aromatic carboxylic acids is 1. The van der Waals surface area contributed by atoms with Gasteiger partial charge in [-0.25, -0.2) is 4.79 Å². The molecule has 88 valence electrons. The molecule has 1 heterocycles. The maximum atomic E-state index is 11.0. The standard InChI is InChI=1S/C13H13NO2S/c1-7-5-3-4-6-9(7)11-8(2)10(14)12(17-11)13(15)16/h3-6H,14H2,1-2H3,(H,15,16). The molecule has 0 aliphatic rings. The third-order valence-corrected chi connectivity index (χ3v) is 4.11. The van der Waals surface area contributed by atoms with Crippen LogP contribution in [0.25, 0.3) is 10.4 Å². The van der Waals surface area contributed by atoms with Gasteiger partial charge in [-0.05, 0) is 30.5 Å². The molecule has 0 bridgehead atoms. The van der Waals surface area contributed by atoms with Crippen LogP contribution in [-0.4, -0.2) is 11.1 Å². The minimum absolute atomic E-state index is 0.223. The molecule has 0 radical (unpaired) electrons. The Bertz CT molecular complexity index is 587. The summed E-state index contributed by atoms with van der Waals surface area (Å²) in [4.78, 5) is 12.2. The van der Waals surface area contributed by atoms with Gasteiger partial charge >= 0.3 is 5.97 Å². The van der Waals surface area contributed by atoms with Gasteiger partial charge < -0.3 is 10.8 Å². The summed E-state index contributed by atoms with van der Waals surface area (Å²) in [7, 11) is 0. The Morgan fingerprint density at radius 2 is 1.94 bits per heavy atom. The second kappa shape index (κ2) is 4.22. The fourth-order valence-electron chi connectivity index (χ4n) is 1.77. The van der Waals surface area contributed by atoms with Crippen molar-refractivity contribution in [3.05, 3.63) is 40.3 Å². The van der Waals surface area contributed by atoms with Crippen LogP contribution < -0.4 is 5.73 Å². The van der Waals surface area contributed by atoms with Crippen molar-refractivity contribution in [1.82, 2.24) is 0 Å². The second-order valence-corrected chi connectivity index (χ2v) is 4.94. The van der Waals surface area contributed by atoms with E-state index >= 15 is 0 Å². The number of benzene rings is 1. The lowest BCUT2D eigenvalue weighted by Crippen LogP contribution is -1.97. The van der Waals surface area contributed by atoms with Gasteiger partial charge in [-0.3, -0.25) is 0 Å². The van der Waals surface area contributed by atoms with Gasteiger partial charge in [0, 0.05) is 4.88 Å². The molecule has 2 rings (SSSR count). The van der Waals surface area contributed by atoms with Gasteiger partial charge in [0.05, 0.1) is 5.69 Å². The third kappa shape index (κ3) is 1.91. The van der Waals surface area contributed by atoms with Gasteiger partial charge in [0.1, 0.15) is 4.88 Å². The molecule has 0 amide bonds. The summed E-state index contributed by atoms with van der Waals surface area (Å²) in [5, 5.41) is 9.05. The number of hydrogen-bond donors (Lipinski definition) is 2. The minimum atomic E-state index is -0.963. The third-order valence-electron chi connectivity index (χ3n) is 2.78.